The molecule has 0 saturated heterocycles. The summed E-state index contributed by atoms with van der Waals surface area (Å²) in [5.41, 5.74) is 7.23. The van der Waals surface area contributed by atoms with Gasteiger partial charge in [-0.3, -0.25) is 0 Å². The zero-order valence-corrected chi connectivity index (χ0v) is 13.6. The number of rotatable bonds is 3. The summed E-state index contributed by atoms with van der Waals surface area (Å²) in [5, 5.41) is 0. The Morgan fingerprint density at radius 2 is 1.35 bits per heavy atom. The Balaban J connectivity index is 2.48. The zero-order chi connectivity index (χ0) is 14.9. The second-order valence-electron chi connectivity index (χ2n) is 6.62. The van der Waals surface area contributed by atoms with Crippen LogP contribution in [0.5, 0.6) is 0 Å². The van der Waals surface area contributed by atoms with E-state index in [1.54, 1.807) is 0 Å². The molecular weight excluding hydrogens is 240 g/mol. The molecule has 0 nitrogen and oxygen atoms in total. The topological polar surface area (TPSA) is 0 Å². The van der Waals surface area contributed by atoms with Crippen LogP contribution < -0.4 is 0 Å². The Hall–Kier alpha value is -1.56. The minimum absolute atomic E-state index is 0.131. The molecule has 0 N–H and O–H groups in total. The maximum Gasteiger partial charge on any atom is -0.00374 e. The zero-order valence-electron chi connectivity index (χ0n) is 13.6. The van der Waals surface area contributed by atoms with Gasteiger partial charge in [0.1, 0.15) is 0 Å². The molecule has 0 amide bonds. The quantitative estimate of drug-likeness (QED) is 0.669. The molecule has 0 aliphatic heterocycles. The van der Waals surface area contributed by atoms with Gasteiger partial charge in [-0.2, -0.15) is 0 Å². The predicted octanol–water partition coefficient (Wildman–Crippen LogP) is 5.69. The van der Waals surface area contributed by atoms with Gasteiger partial charge in [0.2, 0.25) is 0 Å². The third kappa shape index (κ3) is 2.65. The van der Waals surface area contributed by atoms with Crippen LogP contribution >= 0.6 is 0 Å². The van der Waals surface area contributed by atoms with Crippen molar-refractivity contribution in [3.8, 4) is 0 Å². The lowest BCUT2D eigenvalue weighted by atomic mass is 9.69. The highest BCUT2D eigenvalue weighted by Gasteiger charge is 2.30. The lowest BCUT2D eigenvalue weighted by Crippen LogP contribution is -2.26. The highest BCUT2D eigenvalue weighted by Crippen LogP contribution is 2.40. The SMILES string of the molecule is Cc1cc(C)c(C(C)C(C)(C)c2ccccc2)c(C)c1. The Labute approximate surface area is 123 Å². The largest absolute Gasteiger partial charge is 0.0622 e. The van der Waals surface area contributed by atoms with Crippen LogP contribution in [0.25, 0.3) is 0 Å². The fourth-order valence-electron chi connectivity index (χ4n) is 3.35. The lowest BCUT2D eigenvalue weighted by Gasteiger charge is -2.35. The Morgan fingerprint density at radius 1 is 0.850 bits per heavy atom. The van der Waals surface area contributed by atoms with Gasteiger partial charge in [0, 0.05) is 0 Å². The maximum absolute atomic E-state index is 2.36. The second-order valence-corrected chi connectivity index (χ2v) is 6.62. The van der Waals surface area contributed by atoms with Crippen molar-refractivity contribution in [3.63, 3.8) is 0 Å². The first-order valence-electron chi connectivity index (χ1n) is 7.47. The van der Waals surface area contributed by atoms with Gasteiger partial charge in [-0.1, -0.05) is 68.8 Å². The number of hydrogen-bond acceptors (Lipinski definition) is 0. The van der Waals surface area contributed by atoms with Crippen molar-refractivity contribution in [2.24, 2.45) is 0 Å². The van der Waals surface area contributed by atoms with Crippen molar-refractivity contribution in [1.29, 1.82) is 0 Å². The van der Waals surface area contributed by atoms with E-state index < -0.39 is 0 Å². The van der Waals surface area contributed by atoms with Crippen molar-refractivity contribution in [1.82, 2.24) is 0 Å². The van der Waals surface area contributed by atoms with E-state index in [0.717, 1.165) is 0 Å². The molecule has 0 heteroatoms. The van der Waals surface area contributed by atoms with Crippen LogP contribution in [0.1, 0.15) is 54.5 Å². The van der Waals surface area contributed by atoms with Crippen LogP contribution in [0.2, 0.25) is 0 Å². The van der Waals surface area contributed by atoms with Crippen molar-refractivity contribution >= 4 is 0 Å². The van der Waals surface area contributed by atoms with Gasteiger partial charge in [-0.15, -0.1) is 0 Å². The molecule has 0 spiro atoms. The molecule has 1 unspecified atom stereocenters. The Kier molecular flexibility index (Phi) is 4.04. The normalized spacial score (nSPS) is 13.3. The smallest absolute Gasteiger partial charge is 0.00374 e. The fraction of sp³-hybridized carbons (Fsp3) is 0.400. The third-order valence-electron chi connectivity index (χ3n) is 4.77. The van der Waals surface area contributed by atoms with E-state index in [0.29, 0.717) is 5.92 Å². The molecule has 0 radical (unpaired) electrons. The van der Waals surface area contributed by atoms with E-state index in [1.807, 2.05) is 0 Å². The first kappa shape index (κ1) is 14.8. The van der Waals surface area contributed by atoms with Gasteiger partial charge >= 0.3 is 0 Å². The van der Waals surface area contributed by atoms with E-state index in [1.165, 1.54) is 27.8 Å². The molecule has 0 heterocycles. The molecule has 106 valence electrons. The molecule has 0 bridgehead atoms. The summed E-state index contributed by atoms with van der Waals surface area (Å²) in [6.45, 7) is 13.7. The van der Waals surface area contributed by atoms with Crippen LogP contribution in [-0.2, 0) is 5.41 Å². The highest BCUT2D eigenvalue weighted by molar-refractivity contribution is 5.43. The lowest BCUT2D eigenvalue weighted by molar-refractivity contribution is 0.433. The number of aryl methyl sites for hydroxylation is 3. The fourth-order valence-corrected chi connectivity index (χ4v) is 3.35. The molecular formula is C20H26. The van der Waals surface area contributed by atoms with Crippen molar-refractivity contribution in [2.45, 2.75) is 52.9 Å². The maximum atomic E-state index is 2.36. The predicted molar refractivity (Wildman–Crippen MR) is 88.5 cm³/mol. The minimum atomic E-state index is 0.131. The average Bonchev–Trinajstić information content (AvgIpc) is 2.38. The summed E-state index contributed by atoms with van der Waals surface area (Å²) in [5.74, 6) is 0.491. The first-order valence-corrected chi connectivity index (χ1v) is 7.47. The summed E-state index contributed by atoms with van der Waals surface area (Å²) in [6.07, 6.45) is 0. The Bertz CT molecular complexity index is 568. The molecule has 2 rings (SSSR count). The van der Waals surface area contributed by atoms with Gasteiger partial charge in [-0.05, 0) is 54.4 Å². The molecule has 0 fully saturated rings. The first-order chi connectivity index (χ1) is 9.34. The monoisotopic (exact) mass is 266 g/mol. The molecule has 0 aliphatic rings. The van der Waals surface area contributed by atoms with Crippen LogP contribution in [0.3, 0.4) is 0 Å². The van der Waals surface area contributed by atoms with Crippen LogP contribution in [0.4, 0.5) is 0 Å². The third-order valence-corrected chi connectivity index (χ3v) is 4.77. The van der Waals surface area contributed by atoms with Gasteiger partial charge in [0.05, 0.1) is 0 Å². The molecule has 1 atom stereocenters. The molecule has 0 saturated carbocycles. The van der Waals surface area contributed by atoms with Gasteiger partial charge < -0.3 is 0 Å². The van der Waals surface area contributed by atoms with E-state index in [2.05, 4.69) is 84.0 Å². The summed E-state index contributed by atoms with van der Waals surface area (Å²) in [4.78, 5) is 0. The molecule has 0 aromatic heterocycles. The van der Waals surface area contributed by atoms with Crippen LogP contribution in [-0.4, -0.2) is 0 Å². The van der Waals surface area contributed by atoms with Crippen LogP contribution in [0.15, 0.2) is 42.5 Å². The van der Waals surface area contributed by atoms with E-state index in [9.17, 15) is 0 Å². The molecule has 0 aliphatic carbocycles. The summed E-state index contributed by atoms with van der Waals surface area (Å²) in [6, 6.07) is 15.5. The molecule has 2 aromatic rings. The minimum Gasteiger partial charge on any atom is -0.0622 e. The average molecular weight is 266 g/mol. The van der Waals surface area contributed by atoms with Crippen molar-refractivity contribution < 1.29 is 0 Å². The summed E-state index contributed by atoms with van der Waals surface area (Å²) in [7, 11) is 0. The van der Waals surface area contributed by atoms with Crippen molar-refractivity contribution in [3.05, 3.63) is 70.3 Å². The van der Waals surface area contributed by atoms with Crippen LogP contribution in [0, 0.1) is 20.8 Å². The van der Waals surface area contributed by atoms with E-state index >= 15 is 0 Å². The number of benzene rings is 2. The van der Waals surface area contributed by atoms with Gasteiger partial charge in [-0.25, -0.2) is 0 Å². The summed E-state index contributed by atoms with van der Waals surface area (Å²) >= 11 is 0. The van der Waals surface area contributed by atoms with E-state index in [-0.39, 0.29) is 5.41 Å². The molecule has 20 heavy (non-hydrogen) atoms. The Morgan fingerprint density at radius 3 is 1.85 bits per heavy atom. The standard InChI is InChI=1S/C20H26/c1-14-12-15(2)19(16(3)13-14)17(4)20(5,6)18-10-8-7-9-11-18/h7-13,17H,1-6H3. The van der Waals surface area contributed by atoms with Gasteiger partial charge in [0.15, 0.2) is 0 Å². The highest BCUT2D eigenvalue weighted by atomic mass is 14.3. The summed E-state index contributed by atoms with van der Waals surface area (Å²) < 4.78 is 0. The number of hydrogen-bond donors (Lipinski definition) is 0. The van der Waals surface area contributed by atoms with Gasteiger partial charge in [0.25, 0.3) is 0 Å². The second kappa shape index (κ2) is 5.44. The van der Waals surface area contributed by atoms with Crippen molar-refractivity contribution in [2.75, 3.05) is 0 Å². The van der Waals surface area contributed by atoms with E-state index in [4.69, 9.17) is 0 Å². The molecule has 2 aromatic carbocycles.